The molecule has 0 spiro atoms. The Morgan fingerprint density at radius 2 is 0.787 bits per heavy atom. The molecule has 3 aliphatic carbocycles. The van der Waals surface area contributed by atoms with E-state index in [0.29, 0.717) is 34.7 Å². The van der Waals surface area contributed by atoms with Gasteiger partial charge in [-0.2, -0.15) is 0 Å². The lowest BCUT2D eigenvalue weighted by atomic mass is 9.60. The fraction of sp³-hybridized carbons (Fsp3) is 0.229. The summed E-state index contributed by atoms with van der Waals surface area (Å²) in [6, 6.07) is 64.4. The number of sulfone groups is 2. The van der Waals surface area contributed by atoms with Gasteiger partial charge in [0.05, 0.1) is 19.6 Å². The summed E-state index contributed by atoms with van der Waals surface area (Å²) in [6.07, 6.45) is 1.42. The van der Waals surface area contributed by atoms with E-state index >= 15 is 0 Å². The molecule has 2 unspecified atom stereocenters. The summed E-state index contributed by atoms with van der Waals surface area (Å²) in [5, 5.41) is 0. The quantitative estimate of drug-likeness (QED) is 0.0837. The van der Waals surface area contributed by atoms with Crippen LogP contribution in [0.4, 0.5) is 0 Å². The standard InChI is InChI=1S/C70H66O8S2/c1-9-45(3)47-19-35-55(36-20-47)79(71,72)58-41-33-53(34-42-58)77-64-44-43-63(67-65-59-15-11-13-17-61(59)66(68(64)67)62-18-14-12-16-60(62)65)75-46(4)48-21-37-56(38-22-48)80(73,74)57-39-31-52(32-40-57)76-51-27-23-49(24-28-51)70(7,8)50-25-29-54(30-26-50)78-69(5,6)10-2/h11-46,65-66H,9-10H2,1-8H3. The SMILES string of the molecule is CCC(C)c1ccc(S(=O)(=O)c2ccc(Oc3ccc(OC(C)c4ccc(S(=O)(=O)c5ccc(Oc6ccc(C(C)(C)c7ccc(OC(C)(C)CC)cc7)cc6)cc5)cc4)c4c3C3c5ccccc5C4c4ccccc43)cc2)cc1. The number of ether oxygens (including phenoxy) is 4. The third-order valence-electron chi connectivity index (χ3n) is 16.5. The number of rotatable bonds is 18. The van der Waals surface area contributed by atoms with E-state index in [1.165, 1.54) is 22.3 Å². The van der Waals surface area contributed by atoms with E-state index in [1.54, 1.807) is 72.8 Å². The van der Waals surface area contributed by atoms with E-state index in [1.807, 2.05) is 67.6 Å². The Bertz CT molecular complexity index is 3900. The van der Waals surface area contributed by atoms with Crippen molar-refractivity contribution in [3.05, 3.63) is 262 Å². The average molecular weight is 1100 g/mol. The number of hydrogen-bond acceptors (Lipinski definition) is 8. The van der Waals surface area contributed by atoms with Crippen molar-refractivity contribution in [2.24, 2.45) is 0 Å². The normalized spacial score (nSPS) is 15.4. The molecule has 2 bridgehead atoms. The van der Waals surface area contributed by atoms with Crippen LogP contribution >= 0.6 is 0 Å². The highest BCUT2D eigenvalue weighted by Crippen LogP contribution is 2.60. The van der Waals surface area contributed by atoms with E-state index in [4.69, 9.17) is 18.9 Å². The van der Waals surface area contributed by atoms with Crippen molar-refractivity contribution in [3.8, 4) is 34.5 Å². The molecular weight excluding hydrogens is 1030 g/mol. The lowest BCUT2D eigenvalue weighted by molar-refractivity contribution is 0.105. The molecule has 0 aliphatic heterocycles. The van der Waals surface area contributed by atoms with Crippen LogP contribution in [0.2, 0.25) is 0 Å². The molecule has 0 saturated carbocycles. The van der Waals surface area contributed by atoms with Gasteiger partial charge >= 0.3 is 0 Å². The van der Waals surface area contributed by atoms with E-state index in [9.17, 15) is 16.8 Å². The molecule has 10 heteroatoms. The lowest BCUT2D eigenvalue weighted by Gasteiger charge is -2.43. The van der Waals surface area contributed by atoms with Gasteiger partial charge in [0.2, 0.25) is 19.7 Å². The fourth-order valence-corrected chi connectivity index (χ4v) is 13.7. The van der Waals surface area contributed by atoms with Crippen molar-refractivity contribution in [2.45, 2.75) is 123 Å². The molecule has 12 rings (SSSR count). The van der Waals surface area contributed by atoms with Crippen molar-refractivity contribution < 1.29 is 35.8 Å². The van der Waals surface area contributed by atoms with Gasteiger partial charge in [-0.05, 0) is 193 Å². The Balaban J connectivity index is 0.802. The molecule has 0 radical (unpaired) electrons. The van der Waals surface area contributed by atoms with Crippen molar-refractivity contribution in [3.63, 3.8) is 0 Å². The van der Waals surface area contributed by atoms with Crippen LogP contribution in [-0.2, 0) is 25.1 Å². The first-order chi connectivity index (χ1) is 38.4. The molecule has 0 N–H and O–H groups in total. The summed E-state index contributed by atoms with van der Waals surface area (Å²) >= 11 is 0. The molecule has 80 heavy (non-hydrogen) atoms. The molecular formula is C70H66O8S2. The van der Waals surface area contributed by atoms with Gasteiger partial charge in [-0.3, -0.25) is 0 Å². The highest BCUT2D eigenvalue weighted by molar-refractivity contribution is 7.91. The fourth-order valence-electron chi connectivity index (χ4n) is 11.1. The molecule has 0 heterocycles. The third-order valence-corrected chi connectivity index (χ3v) is 20.1. The highest BCUT2D eigenvalue weighted by Gasteiger charge is 2.45. The van der Waals surface area contributed by atoms with E-state index in [-0.39, 0.29) is 42.4 Å². The highest BCUT2D eigenvalue weighted by atomic mass is 32.2. The van der Waals surface area contributed by atoms with Crippen molar-refractivity contribution in [2.75, 3.05) is 0 Å². The molecule has 2 atom stereocenters. The van der Waals surface area contributed by atoms with Crippen LogP contribution in [-0.4, -0.2) is 22.4 Å². The Hall–Kier alpha value is -7.92. The second kappa shape index (κ2) is 21.3. The zero-order chi connectivity index (χ0) is 56.1. The van der Waals surface area contributed by atoms with Crippen LogP contribution in [0, 0.1) is 0 Å². The van der Waals surface area contributed by atoms with Gasteiger partial charge in [-0.1, -0.05) is 132 Å². The van der Waals surface area contributed by atoms with Gasteiger partial charge in [0.15, 0.2) is 0 Å². The van der Waals surface area contributed by atoms with Crippen LogP contribution in [0.3, 0.4) is 0 Å². The van der Waals surface area contributed by atoms with Crippen LogP contribution in [0.25, 0.3) is 0 Å². The molecule has 3 aliphatic rings. The number of hydrogen-bond donors (Lipinski definition) is 0. The van der Waals surface area contributed by atoms with Crippen LogP contribution in [0.15, 0.2) is 226 Å². The van der Waals surface area contributed by atoms with Gasteiger partial charge < -0.3 is 18.9 Å². The van der Waals surface area contributed by atoms with E-state index in [0.717, 1.165) is 52.0 Å². The summed E-state index contributed by atoms with van der Waals surface area (Å²) in [7, 11) is -7.63. The van der Waals surface area contributed by atoms with E-state index in [2.05, 4.69) is 121 Å². The first-order valence-corrected chi connectivity index (χ1v) is 30.5. The molecule has 0 amide bonds. The smallest absolute Gasteiger partial charge is 0.206 e. The Morgan fingerprint density at radius 3 is 1.21 bits per heavy atom. The minimum absolute atomic E-state index is 0.150. The lowest BCUT2D eigenvalue weighted by Crippen LogP contribution is -2.28. The molecule has 406 valence electrons. The second-order valence-corrected chi connectivity index (χ2v) is 26.2. The maximum atomic E-state index is 14.1. The molecule has 0 saturated heterocycles. The van der Waals surface area contributed by atoms with Crippen molar-refractivity contribution >= 4 is 19.7 Å². The summed E-state index contributed by atoms with van der Waals surface area (Å²) in [5.41, 5.74) is 10.5. The topological polar surface area (TPSA) is 105 Å². The Morgan fingerprint density at radius 1 is 0.425 bits per heavy atom. The Kier molecular flexibility index (Phi) is 14.4. The Labute approximate surface area is 471 Å². The summed E-state index contributed by atoms with van der Waals surface area (Å²) in [6.45, 7) is 16.9. The van der Waals surface area contributed by atoms with Gasteiger partial charge in [0.25, 0.3) is 0 Å². The third kappa shape index (κ3) is 10.2. The first-order valence-electron chi connectivity index (χ1n) is 27.5. The molecule has 8 nitrogen and oxygen atoms in total. The molecule has 9 aromatic carbocycles. The largest absolute Gasteiger partial charge is 0.488 e. The first kappa shape index (κ1) is 54.1. The zero-order valence-corrected chi connectivity index (χ0v) is 48.1. The van der Waals surface area contributed by atoms with E-state index < -0.39 is 25.8 Å². The second-order valence-electron chi connectivity index (χ2n) is 22.3. The maximum Gasteiger partial charge on any atom is 0.206 e. The van der Waals surface area contributed by atoms with Gasteiger partial charge in [-0.15, -0.1) is 0 Å². The molecule has 0 aromatic heterocycles. The van der Waals surface area contributed by atoms with Gasteiger partial charge in [0.1, 0.15) is 46.2 Å². The monoisotopic (exact) mass is 1100 g/mol. The van der Waals surface area contributed by atoms with Crippen LogP contribution < -0.4 is 18.9 Å². The number of benzene rings is 9. The summed E-state index contributed by atoms with van der Waals surface area (Å²) in [4.78, 5) is 0.757. The average Bonchev–Trinajstić information content (AvgIpc) is 3.57. The van der Waals surface area contributed by atoms with Crippen molar-refractivity contribution in [1.29, 1.82) is 0 Å². The summed E-state index contributed by atoms with van der Waals surface area (Å²) in [5.74, 6) is 3.90. The molecule has 9 aromatic rings. The predicted molar refractivity (Wildman–Crippen MR) is 316 cm³/mol. The minimum atomic E-state index is -3.87. The predicted octanol–water partition coefficient (Wildman–Crippen LogP) is 17.5. The maximum absolute atomic E-state index is 14.1. The minimum Gasteiger partial charge on any atom is -0.488 e. The summed E-state index contributed by atoms with van der Waals surface area (Å²) < 4.78 is 81.7. The van der Waals surface area contributed by atoms with Crippen molar-refractivity contribution in [1.82, 2.24) is 0 Å². The van der Waals surface area contributed by atoms with Crippen LogP contribution in [0.1, 0.15) is 148 Å². The van der Waals surface area contributed by atoms with Gasteiger partial charge in [-0.25, -0.2) is 16.8 Å². The molecule has 0 fully saturated rings. The zero-order valence-electron chi connectivity index (χ0n) is 46.4. The van der Waals surface area contributed by atoms with Crippen LogP contribution in [0.5, 0.6) is 34.5 Å². The van der Waals surface area contributed by atoms with Gasteiger partial charge in [0, 0.05) is 28.4 Å².